The fourth-order valence-corrected chi connectivity index (χ4v) is 10.1. The molecule has 16 heteroatoms. The molecule has 1 aliphatic carbocycles. The van der Waals surface area contributed by atoms with Gasteiger partial charge in [-0.05, 0) is 80.8 Å². The summed E-state index contributed by atoms with van der Waals surface area (Å²) in [5.74, 6) is -3.51. The molecule has 1 aromatic rings. The van der Waals surface area contributed by atoms with Crippen LogP contribution in [0.5, 0.6) is 0 Å². The van der Waals surface area contributed by atoms with E-state index in [9.17, 15) is 33.4 Å². The molecule has 12 atom stereocenters. The van der Waals surface area contributed by atoms with Crippen molar-refractivity contribution >= 4 is 37.7 Å². The lowest BCUT2D eigenvalue weighted by Crippen LogP contribution is -2.61. The van der Waals surface area contributed by atoms with Gasteiger partial charge < -0.3 is 34.6 Å². The zero-order chi connectivity index (χ0) is 44.6. The number of piperidine rings is 1. The molecule has 0 aromatic heterocycles. The fourth-order valence-electron chi connectivity index (χ4n) is 9.50. The highest BCUT2D eigenvalue weighted by Gasteiger charge is 2.53. The number of hydrogen-bond acceptors (Lipinski definition) is 9. The molecule has 0 radical (unpaired) electrons. The van der Waals surface area contributed by atoms with Crippen LogP contribution in [0.15, 0.2) is 30.3 Å². The van der Waals surface area contributed by atoms with Crippen molar-refractivity contribution in [2.24, 2.45) is 23.7 Å². The van der Waals surface area contributed by atoms with Gasteiger partial charge in [-0.2, -0.15) is 4.89 Å². The number of rotatable bonds is 19. The molecule has 336 valence electrons. The molecule has 2 saturated heterocycles. The number of carbonyl (C=O) groups is 5. The Kier molecular flexibility index (Phi) is 17.5. The highest BCUT2D eigenvalue weighted by Crippen LogP contribution is 2.43. The van der Waals surface area contributed by atoms with Crippen molar-refractivity contribution in [3.05, 3.63) is 35.9 Å². The van der Waals surface area contributed by atoms with Crippen LogP contribution in [0.25, 0.3) is 0 Å². The van der Waals surface area contributed by atoms with E-state index in [2.05, 4.69) is 10.6 Å². The van der Waals surface area contributed by atoms with Gasteiger partial charge in [0.15, 0.2) is 0 Å². The molecule has 4 rings (SSSR count). The molecular weight excluding hydrogens is 789 g/mol. The standard InChI is InChI=1S/C44H70N5O10P/c1-12-27(4)37(47(9)42(53)36(26(2)3)46-41(52)38-30-20-21-31(24-30)49(38)43(54)59-44(6,7)8)33(57-10)25-35(50)48-22-16-19-32(48)39(58-11)28(5)40(51)45-34(60(55)56)23-29-17-14-13-15-18-29/h13-15,17-18,26-28,30-34,36-39H,12,16,19-25H2,1-11H3,(H2-,45,46,51,52,55,56)/p+1/t27-,28+,30-,31+,32?,33+,34+,36?,37-,38-,39+/m0/s1. The van der Waals surface area contributed by atoms with Crippen LogP contribution in [0.3, 0.4) is 0 Å². The van der Waals surface area contributed by atoms with Gasteiger partial charge >= 0.3 is 14.1 Å². The van der Waals surface area contributed by atoms with E-state index in [1.165, 1.54) is 14.2 Å². The van der Waals surface area contributed by atoms with Gasteiger partial charge in [0.05, 0.1) is 36.6 Å². The molecule has 1 saturated carbocycles. The van der Waals surface area contributed by atoms with Crippen molar-refractivity contribution in [2.45, 2.75) is 161 Å². The number of methoxy groups -OCH3 is 2. The SMILES string of the molecule is CC[C@H](C)[C@@H]([C@@H](CC(=O)N1CCCC1[C@H](OC)[C@@H](C)C(=O)N[C@@H](Cc1ccccc1)[P+](=O)O)OC)N(C)C(=O)C(NC(=O)[C@@H]1[C@H]2CC[C@H](C2)N1C(=O)OC(C)(C)C)C(C)C. The molecule has 5 amide bonds. The lowest BCUT2D eigenvalue weighted by Gasteiger charge is -2.41. The van der Waals surface area contributed by atoms with Gasteiger partial charge in [-0.25, -0.2) is 4.79 Å². The number of carbonyl (C=O) groups excluding carboxylic acids is 5. The molecule has 2 heterocycles. The summed E-state index contributed by atoms with van der Waals surface area (Å²) in [7, 11) is 1.98. The summed E-state index contributed by atoms with van der Waals surface area (Å²) in [6.07, 6.45) is 2.52. The molecule has 15 nitrogen and oxygen atoms in total. The van der Waals surface area contributed by atoms with E-state index < -0.39 is 73.7 Å². The maximum atomic E-state index is 14.5. The maximum absolute atomic E-state index is 14.5. The second-order valence-electron chi connectivity index (χ2n) is 18.4. The van der Waals surface area contributed by atoms with E-state index in [1.54, 1.807) is 49.4 Å². The minimum atomic E-state index is -2.73. The Labute approximate surface area is 357 Å². The maximum Gasteiger partial charge on any atom is 0.531 e. The summed E-state index contributed by atoms with van der Waals surface area (Å²) in [6, 6.07) is 6.46. The lowest BCUT2D eigenvalue weighted by atomic mass is 9.89. The minimum Gasteiger partial charge on any atom is -0.444 e. The summed E-state index contributed by atoms with van der Waals surface area (Å²) in [5, 5.41) is 5.78. The van der Waals surface area contributed by atoms with Crippen LogP contribution in [-0.4, -0.2) is 131 Å². The van der Waals surface area contributed by atoms with Gasteiger partial charge in [0.2, 0.25) is 23.6 Å². The average molecular weight is 861 g/mol. The van der Waals surface area contributed by atoms with E-state index >= 15 is 0 Å². The molecule has 3 fully saturated rings. The predicted octanol–water partition coefficient (Wildman–Crippen LogP) is 5.26. The number of benzene rings is 1. The van der Waals surface area contributed by atoms with E-state index in [-0.39, 0.29) is 54.4 Å². The van der Waals surface area contributed by atoms with Crippen LogP contribution in [0.1, 0.15) is 106 Å². The average Bonchev–Trinajstić information content (AvgIpc) is 3.96. The monoisotopic (exact) mass is 860 g/mol. The summed E-state index contributed by atoms with van der Waals surface area (Å²) in [6.45, 7) is 15.3. The number of ether oxygens (including phenoxy) is 3. The van der Waals surface area contributed by atoms with Crippen molar-refractivity contribution in [3.63, 3.8) is 0 Å². The first-order chi connectivity index (χ1) is 28.2. The van der Waals surface area contributed by atoms with Gasteiger partial charge in [-0.1, -0.05) is 71.4 Å². The first-order valence-corrected chi connectivity index (χ1v) is 22.9. The zero-order valence-corrected chi connectivity index (χ0v) is 38.5. The first-order valence-electron chi connectivity index (χ1n) is 21.7. The normalized spacial score (nSPS) is 23.9. The molecule has 2 aliphatic heterocycles. The van der Waals surface area contributed by atoms with Gasteiger partial charge in [0, 0.05) is 40.3 Å². The van der Waals surface area contributed by atoms with Crippen LogP contribution in [0, 0.1) is 23.7 Å². The highest BCUT2D eigenvalue weighted by molar-refractivity contribution is 7.38. The summed E-state index contributed by atoms with van der Waals surface area (Å²) < 4.78 is 29.9. The lowest BCUT2D eigenvalue weighted by molar-refractivity contribution is -0.148. The zero-order valence-electron chi connectivity index (χ0n) is 37.6. The molecule has 2 bridgehead atoms. The third-order valence-electron chi connectivity index (χ3n) is 12.8. The van der Waals surface area contributed by atoms with Crippen molar-refractivity contribution in [1.29, 1.82) is 0 Å². The van der Waals surface area contributed by atoms with E-state index in [0.29, 0.717) is 32.2 Å². The molecule has 3 N–H and O–H groups in total. The number of nitrogens with one attached hydrogen (secondary N) is 2. The quantitative estimate of drug-likeness (QED) is 0.155. The summed E-state index contributed by atoms with van der Waals surface area (Å²) in [5.41, 5.74) is 0.0861. The van der Waals surface area contributed by atoms with Crippen LogP contribution in [-0.2, 0) is 44.4 Å². The largest absolute Gasteiger partial charge is 0.531 e. The van der Waals surface area contributed by atoms with Gasteiger partial charge in [0.25, 0.3) is 5.78 Å². The third kappa shape index (κ3) is 11.8. The molecular formula is C44H71N5O10P+. The van der Waals surface area contributed by atoms with Crippen molar-refractivity contribution < 1.29 is 47.6 Å². The van der Waals surface area contributed by atoms with E-state index in [1.807, 2.05) is 58.0 Å². The minimum absolute atomic E-state index is 0.0209. The van der Waals surface area contributed by atoms with E-state index in [0.717, 1.165) is 18.4 Å². The van der Waals surface area contributed by atoms with Gasteiger partial charge in [-0.15, -0.1) is 0 Å². The van der Waals surface area contributed by atoms with Gasteiger partial charge in [0.1, 0.15) is 17.7 Å². The van der Waals surface area contributed by atoms with Crippen LogP contribution in [0.2, 0.25) is 0 Å². The summed E-state index contributed by atoms with van der Waals surface area (Å²) >= 11 is 0. The van der Waals surface area contributed by atoms with Crippen LogP contribution < -0.4 is 10.6 Å². The second kappa shape index (κ2) is 21.4. The number of amides is 5. The number of likely N-dealkylation sites (N-methyl/N-ethyl adjacent to an activating group) is 1. The first kappa shape index (κ1) is 49.0. The molecule has 60 heavy (non-hydrogen) atoms. The Bertz CT molecular complexity index is 1660. The Balaban J connectivity index is 1.48. The van der Waals surface area contributed by atoms with Crippen LogP contribution >= 0.6 is 8.03 Å². The fraction of sp³-hybridized carbons (Fsp3) is 0.750. The van der Waals surface area contributed by atoms with Crippen molar-refractivity contribution in [3.8, 4) is 0 Å². The predicted molar refractivity (Wildman–Crippen MR) is 228 cm³/mol. The molecule has 3 unspecified atom stereocenters. The smallest absolute Gasteiger partial charge is 0.444 e. The summed E-state index contributed by atoms with van der Waals surface area (Å²) in [4.78, 5) is 84.8. The Morgan fingerprint density at radius 1 is 0.983 bits per heavy atom. The molecule has 3 aliphatic rings. The Hall–Kier alpha value is -3.65. The van der Waals surface area contributed by atoms with Crippen LogP contribution in [0.4, 0.5) is 4.79 Å². The van der Waals surface area contributed by atoms with Crippen molar-refractivity contribution in [2.75, 3.05) is 27.8 Å². The molecule has 1 aromatic carbocycles. The number of nitrogens with zero attached hydrogens (tertiary/aromatic N) is 3. The second-order valence-corrected chi connectivity index (χ2v) is 19.6. The molecule has 0 spiro atoms. The van der Waals surface area contributed by atoms with E-state index in [4.69, 9.17) is 14.2 Å². The van der Waals surface area contributed by atoms with Crippen molar-refractivity contribution in [1.82, 2.24) is 25.3 Å². The Morgan fingerprint density at radius 3 is 2.22 bits per heavy atom. The number of hydrogen-bond donors (Lipinski definition) is 3. The topological polar surface area (TPSA) is 184 Å². The number of likely N-dealkylation sites (tertiary alicyclic amines) is 2. The number of fused-ring (bicyclic) bond motifs is 2. The third-order valence-corrected chi connectivity index (χ3v) is 13.6. The van der Waals surface area contributed by atoms with Gasteiger partial charge in [-0.3, -0.25) is 24.1 Å². The highest BCUT2D eigenvalue weighted by atomic mass is 31.1. The Morgan fingerprint density at radius 2 is 1.65 bits per heavy atom.